The molecule has 0 radical (unpaired) electrons. The minimum Gasteiger partial charge on any atom is -0.493 e. The summed E-state index contributed by atoms with van der Waals surface area (Å²) < 4.78 is 5.68. The van der Waals surface area contributed by atoms with Crippen LogP contribution in [0, 0.1) is 5.92 Å². The van der Waals surface area contributed by atoms with Gasteiger partial charge in [0.2, 0.25) is 0 Å². The summed E-state index contributed by atoms with van der Waals surface area (Å²) in [5.41, 5.74) is 3.59. The predicted octanol–water partition coefficient (Wildman–Crippen LogP) is 3.93. The molecule has 0 aliphatic heterocycles. The monoisotopic (exact) mass is 355 g/mol. The van der Waals surface area contributed by atoms with Crippen molar-refractivity contribution in [2.45, 2.75) is 33.1 Å². The van der Waals surface area contributed by atoms with Gasteiger partial charge in [0.25, 0.3) is 5.91 Å². The molecule has 2 aromatic rings. The fraction of sp³-hybridized carbons (Fsp3) is 0.333. The lowest BCUT2D eigenvalue weighted by atomic mass is 10.1. The SMILES string of the molecule is CC(C)CCOc1ccccc1C(=O)NOC(=O)CCc1ccccc1. The molecule has 0 fully saturated rings. The van der Waals surface area contributed by atoms with Gasteiger partial charge in [-0.15, -0.1) is 0 Å². The van der Waals surface area contributed by atoms with Crippen LogP contribution in [0.3, 0.4) is 0 Å². The number of para-hydroxylation sites is 1. The second-order valence-corrected chi connectivity index (χ2v) is 6.42. The van der Waals surface area contributed by atoms with Crippen LogP contribution in [0.1, 0.15) is 42.6 Å². The molecule has 5 heteroatoms. The van der Waals surface area contributed by atoms with Crippen molar-refractivity contribution in [3.63, 3.8) is 0 Å². The van der Waals surface area contributed by atoms with Gasteiger partial charge in [-0.05, 0) is 36.5 Å². The van der Waals surface area contributed by atoms with Crippen LogP contribution in [0.5, 0.6) is 5.75 Å². The van der Waals surface area contributed by atoms with Crippen molar-refractivity contribution >= 4 is 11.9 Å². The Morgan fingerprint density at radius 1 is 1.00 bits per heavy atom. The topological polar surface area (TPSA) is 64.6 Å². The second kappa shape index (κ2) is 10.2. The van der Waals surface area contributed by atoms with Crippen LogP contribution in [0.4, 0.5) is 0 Å². The van der Waals surface area contributed by atoms with Gasteiger partial charge in [-0.2, -0.15) is 5.48 Å². The standard InChI is InChI=1S/C21H25NO4/c1-16(2)14-15-25-19-11-7-6-10-18(19)21(24)22-26-20(23)13-12-17-8-4-3-5-9-17/h3-11,16H,12-15H2,1-2H3,(H,22,24). The molecule has 0 atom stereocenters. The van der Waals surface area contributed by atoms with Crippen LogP contribution in [0.2, 0.25) is 0 Å². The lowest BCUT2D eigenvalue weighted by Gasteiger charge is -2.12. The molecule has 0 saturated carbocycles. The molecule has 0 saturated heterocycles. The number of carbonyl (C=O) groups excluding carboxylic acids is 2. The molecule has 0 spiro atoms. The van der Waals surface area contributed by atoms with Gasteiger partial charge in [-0.1, -0.05) is 56.3 Å². The van der Waals surface area contributed by atoms with Gasteiger partial charge >= 0.3 is 5.97 Å². The van der Waals surface area contributed by atoms with Crippen molar-refractivity contribution in [2.75, 3.05) is 6.61 Å². The molecule has 0 aromatic heterocycles. The van der Waals surface area contributed by atoms with E-state index < -0.39 is 11.9 Å². The van der Waals surface area contributed by atoms with Crippen molar-refractivity contribution in [1.29, 1.82) is 0 Å². The van der Waals surface area contributed by atoms with E-state index in [0.717, 1.165) is 12.0 Å². The van der Waals surface area contributed by atoms with E-state index in [0.29, 0.717) is 30.3 Å². The Bertz CT molecular complexity index is 713. The largest absolute Gasteiger partial charge is 0.493 e. The highest BCUT2D eigenvalue weighted by molar-refractivity contribution is 5.96. The average Bonchev–Trinajstić information content (AvgIpc) is 2.65. The molecule has 0 unspecified atom stereocenters. The molecule has 26 heavy (non-hydrogen) atoms. The summed E-state index contributed by atoms with van der Waals surface area (Å²) in [6.07, 6.45) is 1.64. The molecular formula is C21H25NO4. The average molecular weight is 355 g/mol. The van der Waals surface area contributed by atoms with E-state index in [2.05, 4.69) is 19.3 Å². The maximum atomic E-state index is 12.3. The van der Waals surface area contributed by atoms with E-state index in [4.69, 9.17) is 9.57 Å². The maximum Gasteiger partial charge on any atom is 0.332 e. The lowest BCUT2D eigenvalue weighted by Crippen LogP contribution is -2.27. The number of ether oxygens (including phenoxy) is 1. The third-order valence-corrected chi connectivity index (χ3v) is 3.80. The van der Waals surface area contributed by atoms with Crippen molar-refractivity contribution in [1.82, 2.24) is 5.48 Å². The summed E-state index contributed by atoms with van der Waals surface area (Å²) in [5.74, 6) is 0.00570. The molecule has 1 N–H and O–H groups in total. The molecule has 2 aromatic carbocycles. The number of aryl methyl sites for hydroxylation is 1. The Morgan fingerprint density at radius 3 is 2.42 bits per heavy atom. The number of benzene rings is 2. The van der Waals surface area contributed by atoms with E-state index >= 15 is 0 Å². The summed E-state index contributed by atoms with van der Waals surface area (Å²) in [4.78, 5) is 29.0. The molecule has 1 amide bonds. The summed E-state index contributed by atoms with van der Waals surface area (Å²) in [6.45, 7) is 4.74. The zero-order valence-electron chi connectivity index (χ0n) is 15.2. The summed E-state index contributed by atoms with van der Waals surface area (Å²) in [7, 11) is 0. The Morgan fingerprint density at radius 2 is 1.69 bits per heavy atom. The van der Waals surface area contributed by atoms with Gasteiger partial charge in [-0.25, -0.2) is 4.79 Å². The Kier molecular flexibility index (Phi) is 7.68. The first-order chi connectivity index (χ1) is 12.6. The van der Waals surface area contributed by atoms with Crippen molar-refractivity contribution < 1.29 is 19.2 Å². The van der Waals surface area contributed by atoms with Crippen molar-refractivity contribution in [3.8, 4) is 5.75 Å². The van der Waals surface area contributed by atoms with Crippen LogP contribution in [-0.2, 0) is 16.1 Å². The Balaban J connectivity index is 1.82. The van der Waals surface area contributed by atoms with E-state index in [1.807, 2.05) is 30.3 Å². The molecule has 0 aliphatic carbocycles. The van der Waals surface area contributed by atoms with Crippen LogP contribution in [0.15, 0.2) is 54.6 Å². The number of carbonyl (C=O) groups is 2. The maximum absolute atomic E-state index is 12.3. The number of hydrogen-bond acceptors (Lipinski definition) is 4. The molecular weight excluding hydrogens is 330 g/mol. The molecule has 0 heterocycles. The van der Waals surface area contributed by atoms with Crippen molar-refractivity contribution in [3.05, 3.63) is 65.7 Å². The molecule has 2 rings (SSSR count). The fourth-order valence-electron chi connectivity index (χ4n) is 2.29. The van der Waals surface area contributed by atoms with E-state index in [9.17, 15) is 9.59 Å². The zero-order valence-corrected chi connectivity index (χ0v) is 15.2. The summed E-state index contributed by atoms with van der Waals surface area (Å²) in [5, 5.41) is 0. The van der Waals surface area contributed by atoms with Crippen LogP contribution < -0.4 is 10.2 Å². The molecule has 5 nitrogen and oxygen atoms in total. The summed E-state index contributed by atoms with van der Waals surface area (Å²) >= 11 is 0. The van der Waals surface area contributed by atoms with Gasteiger partial charge in [0.15, 0.2) is 0 Å². The van der Waals surface area contributed by atoms with Gasteiger partial charge < -0.3 is 9.57 Å². The predicted molar refractivity (Wildman–Crippen MR) is 99.7 cm³/mol. The number of hydrogen-bond donors (Lipinski definition) is 1. The minimum atomic E-state index is -0.502. The number of amides is 1. The smallest absolute Gasteiger partial charge is 0.332 e. The Labute approximate surface area is 154 Å². The highest BCUT2D eigenvalue weighted by Gasteiger charge is 2.14. The van der Waals surface area contributed by atoms with Crippen LogP contribution in [0.25, 0.3) is 0 Å². The molecule has 0 bridgehead atoms. The number of nitrogens with one attached hydrogen (secondary N) is 1. The quantitative estimate of drug-likeness (QED) is 0.729. The third-order valence-electron chi connectivity index (χ3n) is 3.80. The number of rotatable bonds is 8. The Hall–Kier alpha value is -2.82. The molecule has 0 aliphatic rings. The first kappa shape index (κ1) is 19.5. The fourth-order valence-corrected chi connectivity index (χ4v) is 2.29. The van der Waals surface area contributed by atoms with Gasteiger partial charge in [0.05, 0.1) is 18.6 Å². The second-order valence-electron chi connectivity index (χ2n) is 6.42. The van der Waals surface area contributed by atoms with Gasteiger partial charge in [0, 0.05) is 0 Å². The highest BCUT2D eigenvalue weighted by atomic mass is 16.7. The van der Waals surface area contributed by atoms with E-state index in [1.54, 1.807) is 24.3 Å². The van der Waals surface area contributed by atoms with E-state index in [-0.39, 0.29) is 6.42 Å². The van der Waals surface area contributed by atoms with Crippen LogP contribution in [-0.4, -0.2) is 18.5 Å². The highest BCUT2D eigenvalue weighted by Crippen LogP contribution is 2.18. The first-order valence-corrected chi connectivity index (χ1v) is 8.82. The normalized spacial score (nSPS) is 10.4. The zero-order chi connectivity index (χ0) is 18.8. The first-order valence-electron chi connectivity index (χ1n) is 8.82. The number of hydroxylamine groups is 1. The van der Waals surface area contributed by atoms with Crippen LogP contribution >= 0.6 is 0 Å². The third kappa shape index (κ3) is 6.59. The lowest BCUT2D eigenvalue weighted by molar-refractivity contribution is -0.148. The van der Waals surface area contributed by atoms with Gasteiger partial charge in [0.1, 0.15) is 5.75 Å². The minimum absolute atomic E-state index is 0.191. The van der Waals surface area contributed by atoms with E-state index in [1.165, 1.54) is 0 Å². The summed E-state index contributed by atoms with van der Waals surface area (Å²) in [6, 6.07) is 16.5. The molecule has 138 valence electrons. The van der Waals surface area contributed by atoms with Crippen molar-refractivity contribution in [2.24, 2.45) is 5.92 Å². The van der Waals surface area contributed by atoms with Gasteiger partial charge in [-0.3, -0.25) is 4.79 Å².